The average Bonchev–Trinajstić information content (AvgIpc) is 3.05. The van der Waals surface area contributed by atoms with Crippen LogP contribution in [0.1, 0.15) is 12.5 Å². The first kappa shape index (κ1) is 13.0. The summed E-state index contributed by atoms with van der Waals surface area (Å²) in [6.07, 6.45) is 0.762. The average molecular weight is 285 g/mol. The molecule has 0 radical (unpaired) electrons. The van der Waals surface area contributed by atoms with Crippen molar-refractivity contribution in [2.75, 3.05) is 5.32 Å². The van der Waals surface area contributed by atoms with Crippen LogP contribution in [-0.4, -0.2) is 25.7 Å². The van der Waals surface area contributed by atoms with Crippen molar-refractivity contribution in [3.63, 3.8) is 0 Å². The highest BCUT2D eigenvalue weighted by atomic mass is 16.3. The number of anilines is 2. The van der Waals surface area contributed by atoms with Crippen molar-refractivity contribution in [2.24, 2.45) is 0 Å². The van der Waals surface area contributed by atoms with E-state index in [2.05, 4.69) is 25.9 Å². The number of benzene rings is 1. The van der Waals surface area contributed by atoms with Gasteiger partial charge in [-0.05, 0) is 35.4 Å². The molecule has 0 bridgehead atoms. The van der Waals surface area contributed by atoms with Crippen molar-refractivity contribution in [1.82, 2.24) is 20.6 Å². The lowest BCUT2D eigenvalue weighted by molar-refractivity contribution is 0.466. The Morgan fingerprint density at radius 2 is 2.05 bits per heavy atom. The Morgan fingerprint density at radius 1 is 1.24 bits per heavy atom. The van der Waals surface area contributed by atoms with Crippen LogP contribution in [0.15, 0.2) is 27.8 Å². The van der Waals surface area contributed by atoms with Crippen LogP contribution in [0.5, 0.6) is 5.75 Å². The second-order valence-electron chi connectivity index (χ2n) is 4.51. The van der Waals surface area contributed by atoms with Gasteiger partial charge in [-0.15, -0.1) is 10.2 Å². The third kappa shape index (κ3) is 2.16. The van der Waals surface area contributed by atoms with Crippen LogP contribution < -0.4 is 16.2 Å². The van der Waals surface area contributed by atoms with E-state index in [0.717, 1.165) is 12.0 Å². The summed E-state index contributed by atoms with van der Waals surface area (Å²) < 4.78 is 0. The van der Waals surface area contributed by atoms with Gasteiger partial charge in [-0.2, -0.15) is 5.21 Å². The fraction of sp³-hybridized carbons (Fsp3) is 0.154. The lowest BCUT2D eigenvalue weighted by Crippen LogP contribution is -2.32. The van der Waals surface area contributed by atoms with Crippen LogP contribution in [0.2, 0.25) is 0 Å². The fourth-order valence-electron chi connectivity index (χ4n) is 2.02. The van der Waals surface area contributed by atoms with Crippen LogP contribution in [0.3, 0.4) is 0 Å². The molecule has 0 spiro atoms. The van der Waals surface area contributed by atoms with Crippen molar-refractivity contribution >= 4 is 11.4 Å². The smallest absolute Gasteiger partial charge is 0.271 e. The molecule has 0 saturated carbocycles. The van der Waals surface area contributed by atoms with Crippen LogP contribution >= 0.6 is 0 Å². The maximum Gasteiger partial charge on any atom is 0.271 e. The molecule has 0 amide bonds. The highest BCUT2D eigenvalue weighted by molar-refractivity contribution is 5.73. The normalized spacial score (nSPS) is 10.9. The monoisotopic (exact) mass is 285 g/mol. The minimum absolute atomic E-state index is 0.0904. The zero-order chi connectivity index (χ0) is 15.0. The molecule has 1 heterocycles. The Kier molecular flexibility index (Phi) is 2.98. The number of aromatic nitrogens is 4. The fourth-order valence-corrected chi connectivity index (χ4v) is 2.02. The Labute approximate surface area is 118 Å². The van der Waals surface area contributed by atoms with Crippen LogP contribution in [0.25, 0.3) is 11.4 Å². The molecule has 0 aliphatic rings. The van der Waals surface area contributed by atoms with Gasteiger partial charge in [0.2, 0.25) is 5.82 Å². The van der Waals surface area contributed by atoms with E-state index >= 15 is 0 Å². The summed E-state index contributed by atoms with van der Waals surface area (Å²) in [5, 5.41) is 25.8. The van der Waals surface area contributed by atoms with E-state index in [-0.39, 0.29) is 5.69 Å². The number of hydrogen-bond donors (Lipinski definition) is 3. The van der Waals surface area contributed by atoms with E-state index in [1.165, 1.54) is 0 Å². The zero-order valence-corrected chi connectivity index (χ0v) is 11.0. The molecule has 8 heteroatoms. The van der Waals surface area contributed by atoms with E-state index in [1.54, 1.807) is 6.07 Å². The molecular weight excluding hydrogens is 274 g/mol. The minimum Gasteiger partial charge on any atom is -0.502 e. The van der Waals surface area contributed by atoms with E-state index < -0.39 is 16.6 Å². The van der Waals surface area contributed by atoms with E-state index in [0.29, 0.717) is 17.1 Å². The van der Waals surface area contributed by atoms with Crippen molar-refractivity contribution < 1.29 is 5.11 Å². The zero-order valence-electron chi connectivity index (χ0n) is 11.0. The molecule has 3 aromatic rings. The van der Waals surface area contributed by atoms with Gasteiger partial charge in [0.15, 0.2) is 5.75 Å². The maximum absolute atomic E-state index is 11.4. The number of aromatic hydroxyl groups is 1. The molecule has 0 saturated heterocycles. The molecule has 21 heavy (non-hydrogen) atoms. The quantitative estimate of drug-likeness (QED) is 0.596. The summed E-state index contributed by atoms with van der Waals surface area (Å²) >= 11 is 0. The van der Waals surface area contributed by atoms with Gasteiger partial charge in [0.1, 0.15) is 5.69 Å². The van der Waals surface area contributed by atoms with Gasteiger partial charge in [-0.25, -0.2) is 0 Å². The second-order valence-corrected chi connectivity index (χ2v) is 4.51. The first-order valence-electron chi connectivity index (χ1n) is 6.27. The van der Waals surface area contributed by atoms with Crippen LogP contribution in [0, 0.1) is 0 Å². The van der Waals surface area contributed by atoms with Gasteiger partial charge in [-0.1, -0.05) is 6.92 Å². The molecule has 106 valence electrons. The van der Waals surface area contributed by atoms with E-state index in [4.69, 9.17) is 0 Å². The predicted octanol–water partition coefficient (Wildman–Crippen LogP) is 0.474. The number of aromatic amines is 1. The number of aryl methyl sites for hydroxylation is 1. The van der Waals surface area contributed by atoms with Gasteiger partial charge in [0.05, 0.1) is 0 Å². The molecule has 0 aliphatic carbocycles. The number of H-pyrrole nitrogens is 1. The molecule has 0 aliphatic heterocycles. The largest absolute Gasteiger partial charge is 0.502 e. The molecular formula is C13H11N5O3. The molecule has 1 aromatic heterocycles. The van der Waals surface area contributed by atoms with Gasteiger partial charge in [-0.3, -0.25) is 9.59 Å². The minimum atomic E-state index is -0.873. The van der Waals surface area contributed by atoms with Crippen LogP contribution in [0.4, 0.5) is 11.4 Å². The number of rotatable bonds is 4. The van der Waals surface area contributed by atoms with Gasteiger partial charge in [0.25, 0.3) is 10.9 Å². The number of hydrogen-bond acceptors (Lipinski definition) is 7. The Balaban J connectivity index is 2.01. The molecule has 0 fully saturated rings. The Hall–Kier alpha value is -3.03. The summed E-state index contributed by atoms with van der Waals surface area (Å²) in [6.45, 7) is 1.98. The van der Waals surface area contributed by atoms with Crippen molar-refractivity contribution in [3.8, 4) is 17.1 Å². The SMILES string of the molecule is CCc1cc(Nc2c(O)c(=O)c2=O)cc(-c2nn[nH]n2)c1. The van der Waals surface area contributed by atoms with Gasteiger partial charge in [0, 0.05) is 11.3 Å². The third-order valence-electron chi connectivity index (χ3n) is 3.16. The van der Waals surface area contributed by atoms with Gasteiger partial charge < -0.3 is 10.4 Å². The molecule has 3 N–H and O–H groups in total. The topological polar surface area (TPSA) is 121 Å². The lowest BCUT2D eigenvalue weighted by Gasteiger charge is -2.11. The summed E-state index contributed by atoms with van der Waals surface area (Å²) in [5.74, 6) is -0.120. The molecule has 0 unspecified atom stereocenters. The number of tetrazole rings is 1. The van der Waals surface area contributed by atoms with Crippen molar-refractivity contribution in [1.29, 1.82) is 0 Å². The van der Waals surface area contributed by atoms with E-state index in [1.807, 2.05) is 19.1 Å². The third-order valence-corrected chi connectivity index (χ3v) is 3.16. The first-order valence-corrected chi connectivity index (χ1v) is 6.27. The summed E-state index contributed by atoms with van der Waals surface area (Å²) in [5.41, 5.74) is 0.573. The summed E-state index contributed by atoms with van der Waals surface area (Å²) in [7, 11) is 0. The lowest BCUT2D eigenvalue weighted by atomic mass is 10.1. The molecule has 2 aromatic carbocycles. The van der Waals surface area contributed by atoms with E-state index in [9.17, 15) is 14.7 Å². The number of nitrogens with zero attached hydrogens (tertiary/aromatic N) is 3. The summed E-state index contributed by atoms with van der Waals surface area (Å²) in [6, 6.07) is 5.43. The standard InChI is InChI=1S/C13H11N5O3/c1-2-6-3-7(13-15-17-18-16-13)5-8(4-6)14-9-10(19)12(21)11(9)20/h3-5,14,19H,2H2,1H3,(H,15,16,17,18). The molecule has 0 atom stereocenters. The first-order chi connectivity index (χ1) is 10.1. The predicted molar refractivity (Wildman–Crippen MR) is 75.3 cm³/mol. The highest BCUT2D eigenvalue weighted by Crippen LogP contribution is 2.26. The second kappa shape index (κ2) is 4.82. The molecule has 8 nitrogen and oxygen atoms in total. The highest BCUT2D eigenvalue weighted by Gasteiger charge is 2.20. The Morgan fingerprint density at radius 3 is 2.67 bits per heavy atom. The number of nitrogens with one attached hydrogen (secondary N) is 2. The van der Waals surface area contributed by atoms with Crippen LogP contribution in [-0.2, 0) is 6.42 Å². The summed E-state index contributed by atoms with van der Waals surface area (Å²) in [4.78, 5) is 22.4. The maximum atomic E-state index is 11.4. The van der Waals surface area contributed by atoms with Crippen molar-refractivity contribution in [2.45, 2.75) is 13.3 Å². The molecule has 3 rings (SSSR count). The van der Waals surface area contributed by atoms with Gasteiger partial charge >= 0.3 is 0 Å². The Bertz CT molecular complexity index is 863. The van der Waals surface area contributed by atoms with Crippen molar-refractivity contribution in [3.05, 3.63) is 44.2 Å².